The lowest BCUT2D eigenvalue weighted by Crippen LogP contribution is -2.39. The number of benzene rings is 1. The maximum atomic E-state index is 12.4. The molecule has 1 aliphatic carbocycles. The number of carbonyl (C=O) groups is 1. The number of likely N-dealkylation sites (tertiary alicyclic amines) is 1. The molecule has 1 atom stereocenters. The van der Waals surface area contributed by atoms with Crippen LogP contribution in [0.5, 0.6) is 0 Å². The third-order valence-electron chi connectivity index (χ3n) is 5.40. The van der Waals surface area contributed by atoms with Gasteiger partial charge in [-0.25, -0.2) is 0 Å². The number of fused-ring (bicyclic) bond motifs is 1. The van der Waals surface area contributed by atoms with Gasteiger partial charge < -0.3 is 9.84 Å². The first-order chi connectivity index (χ1) is 12.1. The van der Waals surface area contributed by atoms with E-state index in [0.29, 0.717) is 17.6 Å². The average molecular weight is 360 g/mol. The molecule has 4 rings (SSSR count). The minimum absolute atomic E-state index is 0.0356. The molecule has 1 unspecified atom stereocenters. The van der Waals surface area contributed by atoms with Gasteiger partial charge in [0, 0.05) is 23.0 Å². The Morgan fingerprint density at radius 3 is 2.84 bits per heavy atom. The van der Waals surface area contributed by atoms with Crippen LogP contribution in [0.15, 0.2) is 28.8 Å². The highest BCUT2D eigenvalue weighted by atomic mass is 35.5. The molecule has 2 aliphatic rings. The van der Waals surface area contributed by atoms with Crippen molar-refractivity contribution in [3.63, 3.8) is 0 Å². The number of aromatic nitrogens is 1. The van der Waals surface area contributed by atoms with Gasteiger partial charge in [-0.15, -0.1) is 0 Å². The molecule has 0 radical (unpaired) electrons. The summed E-state index contributed by atoms with van der Waals surface area (Å²) in [5.41, 5.74) is 2.67. The number of amides is 1. The van der Waals surface area contributed by atoms with E-state index in [-0.39, 0.29) is 11.8 Å². The number of aryl methyl sites for hydroxylation is 1. The smallest absolute Gasteiger partial charge is 0.228 e. The van der Waals surface area contributed by atoms with Crippen molar-refractivity contribution in [3.8, 4) is 0 Å². The number of nitrogens with zero attached hydrogens (tertiary/aromatic N) is 2. The normalized spacial score (nSPS) is 21.3. The minimum atomic E-state index is 0.0356. The second-order valence-electron chi connectivity index (χ2n) is 6.98. The van der Waals surface area contributed by atoms with Crippen molar-refractivity contribution in [2.75, 3.05) is 18.4 Å². The van der Waals surface area contributed by atoms with Gasteiger partial charge in [0.15, 0.2) is 5.82 Å². The standard InChI is InChI=1S/C19H22ClN3O2/c1-12-11-18(22-25-12)21-19(24)13-7-9-23(10-8-13)17-6-5-14-15(17)3-2-4-16(14)20/h2-4,11,13,17H,5-10H2,1H3,(H,21,22,24). The second kappa shape index (κ2) is 6.81. The van der Waals surface area contributed by atoms with Crippen molar-refractivity contribution < 1.29 is 9.32 Å². The van der Waals surface area contributed by atoms with E-state index in [0.717, 1.165) is 43.8 Å². The second-order valence-corrected chi connectivity index (χ2v) is 7.39. The zero-order valence-electron chi connectivity index (χ0n) is 14.3. The van der Waals surface area contributed by atoms with Crippen LogP contribution >= 0.6 is 11.6 Å². The predicted molar refractivity (Wildman–Crippen MR) is 96.7 cm³/mol. The van der Waals surface area contributed by atoms with Gasteiger partial charge in [-0.2, -0.15) is 0 Å². The summed E-state index contributed by atoms with van der Waals surface area (Å²) in [5.74, 6) is 1.28. The lowest BCUT2D eigenvalue weighted by Gasteiger charge is -2.35. The van der Waals surface area contributed by atoms with Crippen LogP contribution in [0.4, 0.5) is 5.82 Å². The summed E-state index contributed by atoms with van der Waals surface area (Å²) < 4.78 is 5.00. The Balaban J connectivity index is 1.36. The van der Waals surface area contributed by atoms with Gasteiger partial charge in [-0.1, -0.05) is 28.9 Å². The van der Waals surface area contributed by atoms with Crippen molar-refractivity contribution in [1.82, 2.24) is 10.1 Å². The Kier molecular flexibility index (Phi) is 4.52. The van der Waals surface area contributed by atoms with Crippen molar-refractivity contribution >= 4 is 23.3 Å². The lowest BCUT2D eigenvalue weighted by atomic mass is 9.94. The molecule has 0 spiro atoms. The van der Waals surface area contributed by atoms with E-state index in [4.69, 9.17) is 16.1 Å². The molecular formula is C19H22ClN3O2. The Labute approximate surface area is 152 Å². The number of hydrogen-bond donors (Lipinski definition) is 1. The number of anilines is 1. The summed E-state index contributed by atoms with van der Waals surface area (Å²) in [4.78, 5) is 14.9. The predicted octanol–water partition coefficient (Wildman–Crippen LogP) is 3.97. The van der Waals surface area contributed by atoms with Crippen LogP contribution in [-0.2, 0) is 11.2 Å². The number of halogens is 1. The first-order valence-corrected chi connectivity index (χ1v) is 9.25. The lowest BCUT2D eigenvalue weighted by molar-refractivity contribution is -0.121. The molecule has 25 heavy (non-hydrogen) atoms. The van der Waals surface area contributed by atoms with Crippen LogP contribution in [0.1, 0.15) is 42.2 Å². The first-order valence-electron chi connectivity index (χ1n) is 8.87. The van der Waals surface area contributed by atoms with E-state index in [1.54, 1.807) is 6.07 Å². The van der Waals surface area contributed by atoms with Crippen LogP contribution < -0.4 is 5.32 Å². The van der Waals surface area contributed by atoms with Crippen LogP contribution in [0.3, 0.4) is 0 Å². The Hall–Kier alpha value is -1.85. The van der Waals surface area contributed by atoms with Crippen molar-refractivity contribution in [1.29, 1.82) is 0 Å². The quantitative estimate of drug-likeness (QED) is 0.900. The summed E-state index contributed by atoms with van der Waals surface area (Å²) >= 11 is 6.33. The van der Waals surface area contributed by atoms with E-state index in [1.165, 1.54) is 11.1 Å². The fourth-order valence-electron chi connectivity index (χ4n) is 4.09. The van der Waals surface area contributed by atoms with Gasteiger partial charge in [0.05, 0.1) is 0 Å². The molecule has 1 aromatic carbocycles. The molecule has 132 valence electrons. The molecule has 1 aromatic heterocycles. The van der Waals surface area contributed by atoms with Crippen LogP contribution in [0.2, 0.25) is 5.02 Å². The first kappa shape index (κ1) is 16.6. The summed E-state index contributed by atoms with van der Waals surface area (Å²) in [5, 5.41) is 7.58. The van der Waals surface area contributed by atoms with E-state index in [9.17, 15) is 4.79 Å². The molecule has 0 saturated carbocycles. The van der Waals surface area contributed by atoms with E-state index < -0.39 is 0 Å². The van der Waals surface area contributed by atoms with Gasteiger partial charge in [-0.05, 0) is 62.9 Å². The molecular weight excluding hydrogens is 338 g/mol. The molecule has 1 aliphatic heterocycles. The largest absolute Gasteiger partial charge is 0.360 e. The van der Waals surface area contributed by atoms with Crippen LogP contribution in [-0.4, -0.2) is 29.1 Å². The van der Waals surface area contributed by atoms with E-state index in [2.05, 4.69) is 21.4 Å². The average Bonchev–Trinajstić information content (AvgIpc) is 3.22. The molecule has 5 nitrogen and oxygen atoms in total. The topological polar surface area (TPSA) is 58.4 Å². The molecule has 2 aromatic rings. The molecule has 2 heterocycles. The van der Waals surface area contributed by atoms with Crippen LogP contribution in [0, 0.1) is 12.8 Å². The van der Waals surface area contributed by atoms with Gasteiger partial charge >= 0.3 is 0 Å². The fraction of sp³-hybridized carbons (Fsp3) is 0.474. The third-order valence-corrected chi connectivity index (χ3v) is 5.76. The van der Waals surface area contributed by atoms with Crippen LogP contribution in [0.25, 0.3) is 0 Å². The summed E-state index contributed by atoms with van der Waals surface area (Å²) in [6.07, 6.45) is 3.91. The molecule has 1 fully saturated rings. The zero-order valence-corrected chi connectivity index (χ0v) is 15.1. The highest BCUT2D eigenvalue weighted by Crippen LogP contribution is 2.40. The van der Waals surface area contributed by atoms with Crippen molar-refractivity contribution in [2.24, 2.45) is 5.92 Å². The maximum absolute atomic E-state index is 12.4. The molecule has 1 saturated heterocycles. The van der Waals surface area contributed by atoms with E-state index in [1.807, 2.05) is 19.1 Å². The maximum Gasteiger partial charge on any atom is 0.228 e. The number of carbonyl (C=O) groups excluding carboxylic acids is 1. The summed E-state index contributed by atoms with van der Waals surface area (Å²) in [6.45, 7) is 3.69. The number of nitrogens with one attached hydrogen (secondary N) is 1. The Morgan fingerprint density at radius 1 is 1.32 bits per heavy atom. The summed E-state index contributed by atoms with van der Waals surface area (Å²) in [7, 11) is 0. The fourth-order valence-corrected chi connectivity index (χ4v) is 4.37. The van der Waals surface area contributed by atoms with Crippen molar-refractivity contribution in [2.45, 2.75) is 38.6 Å². The Bertz CT molecular complexity index is 781. The van der Waals surface area contributed by atoms with Gasteiger partial charge in [0.2, 0.25) is 5.91 Å². The molecule has 6 heteroatoms. The molecule has 1 amide bonds. The van der Waals surface area contributed by atoms with Crippen molar-refractivity contribution in [3.05, 3.63) is 46.2 Å². The number of piperidine rings is 1. The highest BCUT2D eigenvalue weighted by molar-refractivity contribution is 6.31. The van der Waals surface area contributed by atoms with Gasteiger partial charge in [0.25, 0.3) is 0 Å². The summed E-state index contributed by atoms with van der Waals surface area (Å²) in [6, 6.07) is 8.40. The van der Waals surface area contributed by atoms with Gasteiger partial charge in [-0.3, -0.25) is 9.69 Å². The molecule has 0 bridgehead atoms. The Morgan fingerprint density at radius 2 is 2.12 bits per heavy atom. The molecule has 1 N–H and O–H groups in total. The number of hydrogen-bond acceptors (Lipinski definition) is 4. The number of rotatable bonds is 3. The zero-order chi connectivity index (χ0) is 17.4. The SMILES string of the molecule is Cc1cc(NC(=O)C2CCN(C3CCc4c(Cl)cccc43)CC2)no1. The highest BCUT2D eigenvalue weighted by Gasteiger charge is 2.33. The van der Waals surface area contributed by atoms with E-state index >= 15 is 0 Å². The minimum Gasteiger partial charge on any atom is -0.360 e. The van der Waals surface area contributed by atoms with Gasteiger partial charge in [0.1, 0.15) is 5.76 Å². The third kappa shape index (κ3) is 3.31. The monoisotopic (exact) mass is 359 g/mol.